The molecule has 0 aromatic carbocycles. The van der Waals surface area contributed by atoms with E-state index < -0.39 is 0 Å². The molecule has 0 atom stereocenters. The number of hydrogen-bond acceptors (Lipinski definition) is 6. The van der Waals surface area contributed by atoms with E-state index in [1.54, 1.807) is 17.4 Å². The van der Waals surface area contributed by atoms with Gasteiger partial charge in [0.15, 0.2) is 0 Å². The second-order valence-corrected chi connectivity index (χ2v) is 5.47. The second-order valence-electron chi connectivity index (χ2n) is 4.27. The van der Waals surface area contributed by atoms with E-state index in [9.17, 15) is 0 Å². The van der Waals surface area contributed by atoms with Gasteiger partial charge in [0.25, 0.3) is 0 Å². The van der Waals surface area contributed by atoms with Crippen molar-refractivity contribution in [2.24, 2.45) is 0 Å². The molecule has 0 bridgehead atoms. The summed E-state index contributed by atoms with van der Waals surface area (Å²) in [6, 6.07) is 1.76. The SMILES string of the molecule is CCCc1nc(N)cc(NCc2ncc(CC)s2)n1. The van der Waals surface area contributed by atoms with Crippen molar-refractivity contribution in [1.82, 2.24) is 15.0 Å². The Bertz CT molecular complexity index is 538. The standard InChI is InChI=1S/C13H19N5S/c1-3-5-11-17-10(14)6-12(18-11)15-8-13-16-7-9(4-2)19-13/h6-7H,3-5,8H2,1-2H3,(H3,14,15,17,18). The zero-order valence-corrected chi connectivity index (χ0v) is 12.1. The molecule has 0 fully saturated rings. The summed E-state index contributed by atoms with van der Waals surface area (Å²) in [5, 5.41) is 4.32. The lowest BCUT2D eigenvalue weighted by Crippen LogP contribution is -2.06. The van der Waals surface area contributed by atoms with Crippen LogP contribution in [0.1, 0.15) is 36.0 Å². The Hall–Kier alpha value is -1.69. The molecule has 19 heavy (non-hydrogen) atoms. The van der Waals surface area contributed by atoms with Crippen molar-refractivity contribution in [2.75, 3.05) is 11.1 Å². The number of nitrogens with zero attached hydrogens (tertiary/aromatic N) is 3. The first-order valence-corrected chi connectivity index (χ1v) is 7.33. The highest BCUT2D eigenvalue weighted by molar-refractivity contribution is 7.11. The highest BCUT2D eigenvalue weighted by Crippen LogP contribution is 2.16. The van der Waals surface area contributed by atoms with Gasteiger partial charge in [-0.2, -0.15) is 0 Å². The van der Waals surface area contributed by atoms with Gasteiger partial charge in [-0.3, -0.25) is 0 Å². The van der Waals surface area contributed by atoms with Gasteiger partial charge in [0, 0.05) is 23.6 Å². The van der Waals surface area contributed by atoms with Gasteiger partial charge in [0.2, 0.25) is 0 Å². The summed E-state index contributed by atoms with van der Waals surface area (Å²) in [6.07, 6.45) is 4.81. The van der Waals surface area contributed by atoms with Crippen molar-refractivity contribution in [3.8, 4) is 0 Å². The van der Waals surface area contributed by atoms with E-state index >= 15 is 0 Å². The predicted octanol–water partition coefficient (Wildman–Crippen LogP) is 2.64. The minimum absolute atomic E-state index is 0.509. The van der Waals surface area contributed by atoms with Crippen LogP contribution < -0.4 is 11.1 Å². The van der Waals surface area contributed by atoms with Crippen LogP contribution in [0.5, 0.6) is 0 Å². The van der Waals surface area contributed by atoms with Crippen molar-refractivity contribution >= 4 is 23.0 Å². The molecule has 6 heteroatoms. The van der Waals surface area contributed by atoms with Crippen LogP contribution in [0, 0.1) is 0 Å². The van der Waals surface area contributed by atoms with E-state index in [2.05, 4.69) is 34.1 Å². The van der Waals surface area contributed by atoms with Crippen LogP contribution in [-0.2, 0) is 19.4 Å². The first-order chi connectivity index (χ1) is 9.21. The van der Waals surface area contributed by atoms with Gasteiger partial charge in [0.1, 0.15) is 22.5 Å². The van der Waals surface area contributed by atoms with Gasteiger partial charge in [-0.15, -0.1) is 11.3 Å². The van der Waals surface area contributed by atoms with Crippen LogP contribution in [0.25, 0.3) is 0 Å². The molecule has 0 saturated carbocycles. The topological polar surface area (TPSA) is 76.7 Å². The summed E-state index contributed by atoms with van der Waals surface area (Å²) in [5.41, 5.74) is 5.78. The predicted molar refractivity (Wildman–Crippen MR) is 79.3 cm³/mol. The van der Waals surface area contributed by atoms with Gasteiger partial charge < -0.3 is 11.1 Å². The van der Waals surface area contributed by atoms with E-state index in [0.29, 0.717) is 12.4 Å². The molecule has 2 aromatic heterocycles. The van der Waals surface area contributed by atoms with E-state index in [4.69, 9.17) is 5.73 Å². The quantitative estimate of drug-likeness (QED) is 0.849. The number of rotatable bonds is 6. The van der Waals surface area contributed by atoms with Crippen LogP contribution >= 0.6 is 11.3 Å². The van der Waals surface area contributed by atoms with Crippen molar-refractivity contribution in [2.45, 2.75) is 39.7 Å². The number of nitrogens with one attached hydrogen (secondary N) is 1. The summed E-state index contributed by atoms with van der Waals surface area (Å²) in [6.45, 7) is 4.90. The van der Waals surface area contributed by atoms with E-state index in [0.717, 1.165) is 35.9 Å². The molecule has 0 aliphatic rings. The summed E-state index contributed by atoms with van der Waals surface area (Å²) < 4.78 is 0. The first-order valence-electron chi connectivity index (χ1n) is 6.52. The Morgan fingerprint density at radius 3 is 2.84 bits per heavy atom. The van der Waals surface area contributed by atoms with E-state index in [-0.39, 0.29) is 0 Å². The van der Waals surface area contributed by atoms with Crippen LogP contribution in [0.15, 0.2) is 12.3 Å². The zero-order chi connectivity index (χ0) is 13.7. The number of aromatic nitrogens is 3. The Labute approximate surface area is 117 Å². The molecule has 0 radical (unpaired) electrons. The molecule has 2 aromatic rings. The molecular weight excluding hydrogens is 258 g/mol. The fraction of sp³-hybridized carbons (Fsp3) is 0.462. The molecule has 102 valence electrons. The Balaban J connectivity index is 2.02. The van der Waals surface area contributed by atoms with Crippen molar-refractivity contribution in [3.05, 3.63) is 28.0 Å². The lowest BCUT2D eigenvalue weighted by atomic mass is 10.3. The summed E-state index contributed by atoms with van der Waals surface area (Å²) >= 11 is 1.72. The van der Waals surface area contributed by atoms with Crippen molar-refractivity contribution in [1.29, 1.82) is 0 Å². The number of nitrogen functional groups attached to an aromatic ring is 1. The molecule has 0 aliphatic carbocycles. The van der Waals surface area contributed by atoms with Crippen LogP contribution in [0.3, 0.4) is 0 Å². The van der Waals surface area contributed by atoms with E-state index in [1.807, 2.05) is 6.20 Å². The minimum Gasteiger partial charge on any atom is -0.384 e. The third-order valence-electron chi connectivity index (χ3n) is 2.64. The summed E-state index contributed by atoms with van der Waals surface area (Å²) in [4.78, 5) is 14.3. The van der Waals surface area contributed by atoms with E-state index in [1.165, 1.54) is 4.88 Å². The number of hydrogen-bond donors (Lipinski definition) is 2. The van der Waals surface area contributed by atoms with Gasteiger partial charge in [-0.25, -0.2) is 15.0 Å². The smallest absolute Gasteiger partial charge is 0.133 e. The second kappa shape index (κ2) is 6.47. The lowest BCUT2D eigenvalue weighted by Gasteiger charge is -2.06. The Morgan fingerprint density at radius 2 is 2.16 bits per heavy atom. The van der Waals surface area contributed by atoms with Crippen LogP contribution in [0.4, 0.5) is 11.6 Å². The van der Waals surface area contributed by atoms with Crippen molar-refractivity contribution in [3.63, 3.8) is 0 Å². The van der Waals surface area contributed by atoms with Gasteiger partial charge in [-0.05, 0) is 12.8 Å². The fourth-order valence-electron chi connectivity index (χ4n) is 1.70. The Kier molecular flexibility index (Phi) is 4.68. The van der Waals surface area contributed by atoms with Crippen LogP contribution in [0.2, 0.25) is 0 Å². The van der Waals surface area contributed by atoms with Crippen LogP contribution in [-0.4, -0.2) is 15.0 Å². The molecule has 0 amide bonds. The molecule has 0 aliphatic heterocycles. The zero-order valence-electron chi connectivity index (χ0n) is 11.3. The third kappa shape index (κ3) is 3.89. The Morgan fingerprint density at radius 1 is 1.32 bits per heavy atom. The molecule has 2 heterocycles. The number of aryl methyl sites for hydroxylation is 2. The molecule has 0 saturated heterocycles. The third-order valence-corrected chi connectivity index (χ3v) is 3.78. The monoisotopic (exact) mass is 277 g/mol. The summed E-state index contributed by atoms with van der Waals surface area (Å²) in [7, 11) is 0. The maximum atomic E-state index is 5.78. The molecule has 0 spiro atoms. The first kappa shape index (κ1) is 13.7. The highest BCUT2D eigenvalue weighted by atomic mass is 32.1. The molecule has 2 rings (SSSR count). The largest absolute Gasteiger partial charge is 0.384 e. The highest BCUT2D eigenvalue weighted by Gasteiger charge is 2.04. The molecule has 5 nitrogen and oxygen atoms in total. The summed E-state index contributed by atoms with van der Waals surface area (Å²) in [5.74, 6) is 2.07. The average Bonchev–Trinajstić information content (AvgIpc) is 2.84. The van der Waals surface area contributed by atoms with Gasteiger partial charge in [0.05, 0.1) is 6.54 Å². The van der Waals surface area contributed by atoms with Crippen molar-refractivity contribution < 1.29 is 0 Å². The lowest BCUT2D eigenvalue weighted by molar-refractivity contribution is 0.836. The normalized spacial score (nSPS) is 10.6. The average molecular weight is 277 g/mol. The van der Waals surface area contributed by atoms with Gasteiger partial charge in [-0.1, -0.05) is 13.8 Å². The molecule has 0 unspecified atom stereocenters. The molecular formula is C13H19N5S. The maximum absolute atomic E-state index is 5.78. The number of anilines is 2. The minimum atomic E-state index is 0.509. The van der Waals surface area contributed by atoms with Gasteiger partial charge >= 0.3 is 0 Å². The maximum Gasteiger partial charge on any atom is 0.133 e. The molecule has 3 N–H and O–H groups in total. The number of thiazole rings is 1. The fourth-order valence-corrected chi connectivity index (χ4v) is 2.51. The number of nitrogens with two attached hydrogens (primary N) is 1.